The lowest BCUT2D eigenvalue weighted by atomic mass is 10.1. The number of H-pyrrole nitrogens is 1. The summed E-state index contributed by atoms with van der Waals surface area (Å²) in [6.45, 7) is 3.91. The molecule has 0 unspecified atom stereocenters. The Kier molecular flexibility index (Phi) is 5.31. The molecule has 5 rings (SSSR count). The van der Waals surface area contributed by atoms with E-state index in [1.54, 1.807) is 26.0 Å². The molecular formula is C25H25N5O4. The van der Waals surface area contributed by atoms with Crippen LogP contribution in [-0.2, 0) is 19.3 Å². The highest BCUT2D eigenvalue weighted by Gasteiger charge is 2.26. The minimum atomic E-state index is -1.00. The van der Waals surface area contributed by atoms with Crippen LogP contribution in [0.25, 0.3) is 5.69 Å². The molecule has 0 saturated carbocycles. The van der Waals surface area contributed by atoms with E-state index in [1.807, 2.05) is 6.07 Å². The smallest absolute Gasteiger partial charge is 0.342 e. The van der Waals surface area contributed by atoms with Crippen molar-refractivity contribution in [2.75, 3.05) is 11.4 Å². The van der Waals surface area contributed by atoms with Crippen molar-refractivity contribution >= 4 is 23.4 Å². The number of aromatic nitrogens is 2. The van der Waals surface area contributed by atoms with Gasteiger partial charge in [0.15, 0.2) is 0 Å². The van der Waals surface area contributed by atoms with Gasteiger partial charge in [-0.2, -0.15) is 5.10 Å². The molecule has 1 aliphatic heterocycles. The normalized spacial score (nSPS) is 14.8. The largest absolute Gasteiger partial charge is 0.478 e. The van der Waals surface area contributed by atoms with Crippen molar-refractivity contribution in [3.63, 3.8) is 0 Å². The van der Waals surface area contributed by atoms with Crippen molar-refractivity contribution < 1.29 is 14.7 Å². The van der Waals surface area contributed by atoms with Crippen molar-refractivity contribution in [2.45, 2.75) is 39.5 Å². The molecule has 2 aromatic carbocycles. The second-order valence-corrected chi connectivity index (χ2v) is 8.72. The van der Waals surface area contributed by atoms with E-state index in [1.165, 1.54) is 26.8 Å². The second-order valence-electron chi connectivity index (χ2n) is 8.72. The molecule has 174 valence electrons. The van der Waals surface area contributed by atoms with Gasteiger partial charge < -0.3 is 5.11 Å². The summed E-state index contributed by atoms with van der Waals surface area (Å²) in [6.07, 6.45) is 3.80. The molecule has 1 aliphatic carbocycles. The molecule has 0 bridgehead atoms. The van der Waals surface area contributed by atoms with Crippen molar-refractivity contribution in [3.05, 3.63) is 80.3 Å². The zero-order valence-corrected chi connectivity index (χ0v) is 19.0. The summed E-state index contributed by atoms with van der Waals surface area (Å²) < 4.78 is 1.51. The van der Waals surface area contributed by atoms with Crippen molar-refractivity contribution in [2.24, 2.45) is 5.10 Å². The number of carboxylic acid groups (broad SMARTS) is 1. The monoisotopic (exact) mass is 459 g/mol. The average Bonchev–Trinajstić information content (AvgIpc) is 3.53. The van der Waals surface area contributed by atoms with Gasteiger partial charge in [-0.3, -0.25) is 14.8 Å². The summed E-state index contributed by atoms with van der Waals surface area (Å²) in [5, 5.41) is 16.5. The Morgan fingerprint density at radius 2 is 1.85 bits per heavy atom. The fourth-order valence-corrected chi connectivity index (χ4v) is 4.85. The Morgan fingerprint density at radius 3 is 2.65 bits per heavy atom. The van der Waals surface area contributed by atoms with Crippen LogP contribution in [0.2, 0.25) is 0 Å². The van der Waals surface area contributed by atoms with Crippen LogP contribution >= 0.6 is 0 Å². The number of amides is 2. The molecule has 2 amide bonds. The number of nitrogens with zero attached hydrogens (tertiary/aromatic N) is 3. The maximum Gasteiger partial charge on any atom is 0.342 e. The molecule has 34 heavy (non-hydrogen) atoms. The summed E-state index contributed by atoms with van der Waals surface area (Å²) in [5.41, 5.74) is 8.83. The minimum absolute atomic E-state index is 0.192. The number of carbonyl (C=O) groups is 2. The third kappa shape index (κ3) is 3.68. The molecule has 0 fully saturated rings. The maximum atomic E-state index is 13.2. The molecule has 3 aromatic rings. The molecule has 0 radical (unpaired) electrons. The van der Waals surface area contributed by atoms with E-state index in [-0.39, 0.29) is 11.1 Å². The maximum absolute atomic E-state index is 13.2. The van der Waals surface area contributed by atoms with Crippen LogP contribution in [0.3, 0.4) is 0 Å². The summed E-state index contributed by atoms with van der Waals surface area (Å²) in [5.74, 6) is -1.00. The van der Waals surface area contributed by atoms with Gasteiger partial charge in [0.2, 0.25) is 0 Å². The van der Waals surface area contributed by atoms with E-state index in [0.717, 1.165) is 30.5 Å². The molecule has 1 aromatic heterocycles. The predicted octanol–water partition coefficient (Wildman–Crippen LogP) is 3.16. The van der Waals surface area contributed by atoms with Crippen LogP contribution in [0.1, 0.15) is 51.7 Å². The highest BCUT2D eigenvalue weighted by Crippen LogP contribution is 2.29. The Balaban J connectivity index is 1.36. The summed E-state index contributed by atoms with van der Waals surface area (Å²) in [7, 11) is 0. The number of anilines is 1. The van der Waals surface area contributed by atoms with Crippen molar-refractivity contribution in [1.82, 2.24) is 15.2 Å². The number of hydrazone groups is 1. The lowest BCUT2D eigenvalue weighted by Gasteiger charge is -2.16. The Bertz CT molecular complexity index is 1420. The Hall–Kier alpha value is -4.14. The number of rotatable bonds is 4. The molecule has 2 aliphatic rings. The first-order chi connectivity index (χ1) is 16.3. The highest BCUT2D eigenvalue weighted by molar-refractivity contribution is 6.01. The molecule has 0 atom stereocenters. The number of nitrogens with one attached hydrogen (secondary N) is 2. The summed E-state index contributed by atoms with van der Waals surface area (Å²) in [6, 6.07) is 10.3. The van der Waals surface area contributed by atoms with Gasteiger partial charge >= 0.3 is 12.0 Å². The molecule has 9 heteroatoms. The number of carboxylic acids is 1. The number of carbonyl (C=O) groups excluding carboxylic acids is 1. The highest BCUT2D eigenvalue weighted by atomic mass is 16.4. The third-order valence-electron chi connectivity index (χ3n) is 6.56. The standard InChI is InChI=1S/C25H25N5O4/c1-14(26-27-25(34)29-11-10-18-12-19(24(32)33)7-9-21(18)29)22-15(2)28-30(23(22)31)20-8-6-16-4-3-5-17(16)13-20/h6-9,12-13,28H,3-5,10-11H2,1-2H3,(H,27,34)(H,32,33)/b26-14+. The van der Waals surface area contributed by atoms with Crippen LogP contribution in [0, 0.1) is 6.92 Å². The van der Waals surface area contributed by atoms with Gasteiger partial charge in [-0.1, -0.05) is 6.07 Å². The first-order valence-corrected chi connectivity index (χ1v) is 11.3. The van der Waals surface area contributed by atoms with E-state index in [0.29, 0.717) is 35.6 Å². The first-order valence-electron chi connectivity index (χ1n) is 11.3. The number of benzene rings is 2. The van der Waals surface area contributed by atoms with Gasteiger partial charge in [0.05, 0.1) is 22.5 Å². The number of urea groups is 1. The number of aryl methyl sites for hydroxylation is 3. The average molecular weight is 460 g/mol. The van der Waals surface area contributed by atoms with Crippen LogP contribution in [-0.4, -0.2) is 39.1 Å². The molecule has 9 nitrogen and oxygen atoms in total. The zero-order chi connectivity index (χ0) is 24.0. The second kappa shape index (κ2) is 8.33. The van der Waals surface area contributed by atoms with Gasteiger partial charge in [0, 0.05) is 17.9 Å². The SMILES string of the molecule is C/C(=N\NC(=O)N1CCc2cc(C(=O)O)ccc21)c1c(C)[nH]n(-c2ccc3c(c2)CCC3)c1=O. The number of fused-ring (bicyclic) bond motifs is 2. The van der Waals surface area contributed by atoms with Crippen LogP contribution in [0.15, 0.2) is 46.3 Å². The topological polar surface area (TPSA) is 120 Å². The van der Waals surface area contributed by atoms with Gasteiger partial charge in [-0.15, -0.1) is 0 Å². The molecule has 0 spiro atoms. The lowest BCUT2D eigenvalue weighted by molar-refractivity contribution is 0.0696. The van der Waals surface area contributed by atoms with Crippen LogP contribution < -0.4 is 15.9 Å². The van der Waals surface area contributed by atoms with E-state index < -0.39 is 12.0 Å². The molecule has 3 N–H and O–H groups in total. The van der Waals surface area contributed by atoms with E-state index >= 15 is 0 Å². The molecule has 0 saturated heterocycles. The summed E-state index contributed by atoms with van der Waals surface area (Å²) >= 11 is 0. The predicted molar refractivity (Wildman–Crippen MR) is 128 cm³/mol. The van der Waals surface area contributed by atoms with E-state index in [9.17, 15) is 14.4 Å². The van der Waals surface area contributed by atoms with Crippen molar-refractivity contribution in [3.8, 4) is 5.69 Å². The van der Waals surface area contributed by atoms with Crippen molar-refractivity contribution in [1.29, 1.82) is 0 Å². The number of hydrogen-bond donors (Lipinski definition) is 3. The van der Waals surface area contributed by atoms with E-state index in [4.69, 9.17) is 5.11 Å². The van der Waals surface area contributed by atoms with Crippen LogP contribution in [0.5, 0.6) is 0 Å². The van der Waals surface area contributed by atoms with Gasteiger partial charge in [0.25, 0.3) is 5.56 Å². The number of aromatic amines is 1. The third-order valence-corrected chi connectivity index (χ3v) is 6.56. The van der Waals surface area contributed by atoms with Crippen LogP contribution in [0.4, 0.5) is 10.5 Å². The van der Waals surface area contributed by atoms with Gasteiger partial charge in [-0.25, -0.2) is 19.7 Å². The van der Waals surface area contributed by atoms with Gasteiger partial charge in [0.1, 0.15) is 0 Å². The fourth-order valence-electron chi connectivity index (χ4n) is 4.85. The molecular weight excluding hydrogens is 434 g/mol. The molecule has 2 heterocycles. The van der Waals surface area contributed by atoms with E-state index in [2.05, 4.69) is 27.8 Å². The summed E-state index contributed by atoms with van der Waals surface area (Å²) in [4.78, 5) is 38.6. The number of aromatic carboxylic acids is 1. The minimum Gasteiger partial charge on any atom is -0.478 e. The Morgan fingerprint density at radius 1 is 1.06 bits per heavy atom. The van der Waals surface area contributed by atoms with Gasteiger partial charge in [-0.05, 0) is 86.6 Å². The lowest BCUT2D eigenvalue weighted by Crippen LogP contribution is -2.37. The first kappa shape index (κ1) is 21.7. The quantitative estimate of drug-likeness (QED) is 0.410. The zero-order valence-electron chi connectivity index (χ0n) is 19.0. The Labute approximate surface area is 195 Å². The fraction of sp³-hybridized carbons (Fsp3) is 0.280. The number of hydrogen-bond acceptors (Lipinski definition) is 4.